The van der Waals surface area contributed by atoms with Gasteiger partial charge in [0.05, 0.1) is 17.6 Å². The van der Waals surface area contributed by atoms with Gasteiger partial charge in [-0.3, -0.25) is 9.40 Å². The lowest BCUT2D eigenvalue weighted by Gasteiger charge is -2.06. The van der Waals surface area contributed by atoms with Crippen molar-refractivity contribution in [2.24, 2.45) is 7.05 Å². The monoisotopic (exact) mass is 253 g/mol. The lowest BCUT2D eigenvalue weighted by Crippen LogP contribution is -2.15. The summed E-state index contributed by atoms with van der Waals surface area (Å²) in [5.41, 5.74) is 6.02. The van der Waals surface area contributed by atoms with Gasteiger partial charge in [0.25, 0.3) is 10.0 Å². The molecule has 0 aliphatic rings. The van der Waals surface area contributed by atoms with Crippen molar-refractivity contribution in [1.29, 1.82) is 0 Å². The number of hydrogen-bond acceptors (Lipinski definition) is 5. The van der Waals surface area contributed by atoms with Crippen molar-refractivity contribution >= 4 is 21.4 Å². The Morgan fingerprint density at radius 3 is 2.82 bits per heavy atom. The fourth-order valence-electron chi connectivity index (χ4n) is 1.31. The standard InChI is InChI=1S/C9H11N5O2S/c1-14-6-7(5-12-14)13-17(15,16)9-8(10)3-2-4-11-9/h2-6,13H,10H2,1H3. The van der Waals surface area contributed by atoms with Crippen molar-refractivity contribution in [1.82, 2.24) is 14.8 Å². The Labute approximate surface area is 98.3 Å². The second-order valence-electron chi connectivity index (χ2n) is 3.41. The van der Waals surface area contributed by atoms with E-state index in [2.05, 4.69) is 14.8 Å². The third-order valence-corrected chi connectivity index (χ3v) is 3.37. The highest BCUT2D eigenvalue weighted by Gasteiger charge is 2.19. The maximum absolute atomic E-state index is 11.9. The lowest BCUT2D eigenvalue weighted by molar-refractivity contribution is 0.598. The minimum atomic E-state index is -3.77. The molecule has 0 aromatic carbocycles. The van der Waals surface area contributed by atoms with Gasteiger partial charge in [0.1, 0.15) is 0 Å². The Hall–Kier alpha value is -2.09. The van der Waals surface area contributed by atoms with Crippen LogP contribution >= 0.6 is 0 Å². The van der Waals surface area contributed by atoms with E-state index in [1.54, 1.807) is 13.1 Å². The van der Waals surface area contributed by atoms with Gasteiger partial charge in [-0.2, -0.15) is 13.5 Å². The number of sulfonamides is 1. The Morgan fingerprint density at radius 2 is 2.24 bits per heavy atom. The zero-order valence-electron chi connectivity index (χ0n) is 9.03. The molecule has 0 radical (unpaired) electrons. The van der Waals surface area contributed by atoms with Gasteiger partial charge < -0.3 is 5.73 Å². The highest BCUT2D eigenvalue weighted by molar-refractivity contribution is 7.92. The summed E-state index contributed by atoms with van der Waals surface area (Å²) < 4.78 is 27.7. The molecule has 0 unspecified atom stereocenters. The number of pyridine rings is 1. The number of hydrogen-bond donors (Lipinski definition) is 2. The average Bonchev–Trinajstić information content (AvgIpc) is 2.63. The summed E-state index contributed by atoms with van der Waals surface area (Å²) in [4.78, 5) is 3.75. The normalized spacial score (nSPS) is 11.4. The van der Waals surface area contributed by atoms with Gasteiger partial charge in [0.2, 0.25) is 0 Å². The molecule has 0 spiro atoms. The molecular weight excluding hydrogens is 242 g/mol. The second-order valence-corrected chi connectivity index (χ2v) is 5.00. The number of rotatable bonds is 3. The first-order chi connectivity index (χ1) is 7.99. The minimum absolute atomic E-state index is 0.101. The number of nitrogens with one attached hydrogen (secondary N) is 1. The molecule has 0 saturated heterocycles. The zero-order valence-corrected chi connectivity index (χ0v) is 9.85. The van der Waals surface area contributed by atoms with E-state index >= 15 is 0 Å². The first-order valence-electron chi connectivity index (χ1n) is 4.71. The molecule has 3 N–H and O–H groups in total. The van der Waals surface area contributed by atoms with Crippen molar-refractivity contribution in [2.45, 2.75) is 5.03 Å². The predicted octanol–water partition coefficient (Wildman–Crippen LogP) is 0.198. The summed E-state index contributed by atoms with van der Waals surface area (Å²) in [5.74, 6) is 0. The van der Waals surface area contributed by atoms with Crippen LogP contribution in [-0.2, 0) is 17.1 Å². The fourth-order valence-corrected chi connectivity index (χ4v) is 2.40. The summed E-state index contributed by atoms with van der Waals surface area (Å²) in [7, 11) is -2.08. The zero-order chi connectivity index (χ0) is 12.5. The highest BCUT2D eigenvalue weighted by Crippen LogP contribution is 2.17. The number of aromatic nitrogens is 3. The number of nitrogens with two attached hydrogens (primary N) is 1. The number of anilines is 2. The van der Waals surface area contributed by atoms with Gasteiger partial charge in [0, 0.05) is 19.4 Å². The van der Waals surface area contributed by atoms with Crippen molar-refractivity contribution in [2.75, 3.05) is 10.5 Å². The van der Waals surface area contributed by atoms with Crippen molar-refractivity contribution in [3.63, 3.8) is 0 Å². The molecule has 2 heterocycles. The van der Waals surface area contributed by atoms with Gasteiger partial charge in [-0.25, -0.2) is 4.98 Å². The van der Waals surface area contributed by atoms with Crippen LogP contribution in [0.1, 0.15) is 0 Å². The molecule has 0 saturated carbocycles. The quantitative estimate of drug-likeness (QED) is 0.813. The largest absolute Gasteiger partial charge is 0.396 e. The predicted molar refractivity (Wildman–Crippen MR) is 62.7 cm³/mol. The summed E-state index contributed by atoms with van der Waals surface area (Å²) in [6.07, 6.45) is 4.31. The first kappa shape index (κ1) is 11.4. The Kier molecular flexibility index (Phi) is 2.72. The Balaban J connectivity index is 2.35. The summed E-state index contributed by atoms with van der Waals surface area (Å²) in [5, 5.41) is 3.66. The number of nitrogens with zero attached hydrogens (tertiary/aromatic N) is 3. The smallest absolute Gasteiger partial charge is 0.281 e. The van der Waals surface area contributed by atoms with Crippen LogP contribution in [0, 0.1) is 0 Å². The molecule has 0 aliphatic carbocycles. The molecule has 2 aromatic heterocycles. The molecule has 0 amide bonds. The van der Waals surface area contributed by atoms with Crippen LogP contribution in [0.4, 0.5) is 11.4 Å². The minimum Gasteiger partial charge on any atom is -0.396 e. The molecule has 17 heavy (non-hydrogen) atoms. The van der Waals surface area contributed by atoms with E-state index in [1.807, 2.05) is 0 Å². The molecule has 90 valence electrons. The average molecular weight is 253 g/mol. The Bertz CT molecular complexity index is 634. The van der Waals surface area contributed by atoms with Gasteiger partial charge >= 0.3 is 0 Å². The van der Waals surface area contributed by atoms with E-state index in [-0.39, 0.29) is 10.7 Å². The first-order valence-corrected chi connectivity index (χ1v) is 6.19. The summed E-state index contributed by atoms with van der Waals surface area (Å²) >= 11 is 0. The van der Waals surface area contributed by atoms with Crippen LogP contribution in [0.15, 0.2) is 35.7 Å². The maximum atomic E-state index is 11.9. The van der Waals surface area contributed by atoms with E-state index in [4.69, 9.17) is 5.73 Å². The van der Waals surface area contributed by atoms with E-state index in [9.17, 15) is 8.42 Å². The van der Waals surface area contributed by atoms with E-state index in [0.717, 1.165) is 0 Å². The molecule has 2 rings (SSSR count). The molecule has 8 heteroatoms. The van der Waals surface area contributed by atoms with Crippen LogP contribution < -0.4 is 10.5 Å². The SMILES string of the molecule is Cn1cc(NS(=O)(=O)c2ncccc2N)cn1. The number of aryl methyl sites for hydroxylation is 1. The third kappa shape index (κ3) is 2.36. The van der Waals surface area contributed by atoms with Gasteiger partial charge in [-0.15, -0.1) is 0 Å². The van der Waals surface area contributed by atoms with Gasteiger partial charge in [-0.1, -0.05) is 0 Å². The molecule has 0 atom stereocenters. The van der Waals surface area contributed by atoms with Crippen molar-refractivity contribution in [3.05, 3.63) is 30.7 Å². The van der Waals surface area contributed by atoms with Gasteiger partial charge in [0.15, 0.2) is 5.03 Å². The number of nitrogen functional groups attached to an aromatic ring is 1. The van der Waals surface area contributed by atoms with Gasteiger partial charge in [-0.05, 0) is 12.1 Å². The van der Waals surface area contributed by atoms with Crippen LogP contribution in [0.2, 0.25) is 0 Å². The molecular formula is C9H11N5O2S. The van der Waals surface area contributed by atoms with Crippen LogP contribution in [0.3, 0.4) is 0 Å². The maximum Gasteiger partial charge on any atom is 0.281 e. The summed E-state index contributed by atoms with van der Waals surface area (Å²) in [6, 6.07) is 3.04. The molecule has 2 aromatic rings. The van der Waals surface area contributed by atoms with E-state index in [1.165, 1.54) is 29.3 Å². The summed E-state index contributed by atoms with van der Waals surface area (Å²) in [6.45, 7) is 0. The van der Waals surface area contributed by atoms with Crippen molar-refractivity contribution in [3.8, 4) is 0 Å². The third-order valence-electron chi connectivity index (χ3n) is 2.01. The van der Waals surface area contributed by atoms with Crippen LogP contribution in [0.5, 0.6) is 0 Å². The topological polar surface area (TPSA) is 103 Å². The van der Waals surface area contributed by atoms with Crippen LogP contribution in [-0.4, -0.2) is 23.2 Å². The second kappa shape index (κ2) is 4.06. The molecule has 0 aliphatic heterocycles. The molecule has 0 fully saturated rings. The molecule has 7 nitrogen and oxygen atoms in total. The fraction of sp³-hybridized carbons (Fsp3) is 0.111. The van der Waals surface area contributed by atoms with Crippen molar-refractivity contribution < 1.29 is 8.42 Å². The lowest BCUT2D eigenvalue weighted by atomic mass is 10.4. The van der Waals surface area contributed by atoms with E-state index in [0.29, 0.717) is 5.69 Å². The molecule has 0 bridgehead atoms. The van der Waals surface area contributed by atoms with Crippen LogP contribution in [0.25, 0.3) is 0 Å². The Morgan fingerprint density at radius 1 is 1.47 bits per heavy atom. The van der Waals surface area contributed by atoms with E-state index < -0.39 is 10.0 Å². The highest BCUT2D eigenvalue weighted by atomic mass is 32.2.